The fraction of sp³-hybridized carbons (Fsp3) is 0.296. The second-order valence-electron chi connectivity index (χ2n) is 8.90. The third kappa shape index (κ3) is 4.33. The molecule has 170 valence electrons. The van der Waals surface area contributed by atoms with E-state index in [-0.39, 0.29) is 12.0 Å². The standard InChI is InChI=1S/C27H29N3O2S/c1-18-25(28)14-19(15-26(18)33)16-29-10-12-30(13-11-29)27(31)32-17-24-22-8-4-2-6-20(22)21-7-3-5-9-23(21)24/h2-9,14-15,24,33H,10-13,16-17,28H2,1H3. The third-order valence-electron chi connectivity index (χ3n) is 6.85. The molecule has 1 fully saturated rings. The average molecular weight is 460 g/mol. The average Bonchev–Trinajstić information content (AvgIpc) is 3.15. The Bertz CT molecular complexity index is 1120. The van der Waals surface area contributed by atoms with Crippen LogP contribution in [-0.2, 0) is 11.3 Å². The monoisotopic (exact) mass is 459 g/mol. The summed E-state index contributed by atoms with van der Waals surface area (Å²) in [6.45, 7) is 6.07. The van der Waals surface area contributed by atoms with Gasteiger partial charge in [0.1, 0.15) is 6.61 Å². The van der Waals surface area contributed by atoms with Gasteiger partial charge < -0.3 is 15.4 Å². The van der Waals surface area contributed by atoms with Crippen LogP contribution in [0.5, 0.6) is 0 Å². The normalized spacial score (nSPS) is 15.9. The molecular formula is C27H29N3O2S. The molecule has 3 aromatic carbocycles. The summed E-state index contributed by atoms with van der Waals surface area (Å²) in [7, 11) is 0. The van der Waals surface area contributed by atoms with E-state index < -0.39 is 0 Å². The lowest BCUT2D eigenvalue weighted by molar-refractivity contribution is 0.0728. The number of fused-ring (bicyclic) bond motifs is 3. The third-order valence-corrected chi connectivity index (χ3v) is 7.32. The van der Waals surface area contributed by atoms with Gasteiger partial charge in [0.05, 0.1) is 0 Å². The van der Waals surface area contributed by atoms with Gasteiger partial charge in [-0.25, -0.2) is 4.79 Å². The summed E-state index contributed by atoms with van der Waals surface area (Å²) in [6, 6.07) is 20.9. The second-order valence-corrected chi connectivity index (χ2v) is 9.38. The minimum Gasteiger partial charge on any atom is -0.448 e. The van der Waals surface area contributed by atoms with Crippen molar-refractivity contribution in [2.45, 2.75) is 24.3 Å². The van der Waals surface area contributed by atoms with E-state index in [9.17, 15) is 4.79 Å². The van der Waals surface area contributed by atoms with Crippen LogP contribution in [-0.4, -0.2) is 48.7 Å². The van der Waals surface area contributed by atoms with E-state index in [2.05, 4.69) is 72.1 Å². The largest absolute Gasteiger partial charge is 0.448 e. The molecule has 0 atom stereocenters. The Morgan fingerprint density at radius 2 is 1.61 bits per heavy atom. The van der Waals surface area contributed by atoms with Gasteiger partial charge in [-0.1, -0.05) is 48.5 Å². The molecule has 0 spiro atoms. The van der Waals surface area contributed by atoms with Crippen molar-refractivity contribution in [1.82, 2.24) is 9.80 Å². The SMILES string of the molecule is Cc1c(N)cc(CN2CCN(C(=O)OCC3c4ccccc4-c4ccccc43)CC2)cc1S. The number of piperazine rings is 1. The number of nitrogens with two attached hydrogens (primary N) is 1. The van der Waals surface area contributed by atoms with Crippen molar-refractivity contribution < 1.29 is 9.53 Å². The predicted octanol–water partition coefficient (Wildman–Crippen LogP) is 4.93. The molecule has 1 amide bonds. The van der Waals surface area contributed by atoms with E-state index in [1.807, 2.05) is 17.9 Å². The van der Waals surface area contributed by atoms with E-state index in [1.165, 1.54) is 22.3 Å². The van der Waals surface area contributed by atoms with Gasteiger partial charge >= 0.3 is 6.09 Å². The number of carbonyl (C=O) groups excluding carboxylic acids is 1. The first-order valence-corrected chi connectivity index (χ1v) is 11.9. The molecule has 6 heteroatoms. The smallest absolute Gasteiger partial charge is 0.409 e. The molecule has 0 bridgehead atoms. The molecule has 2 N–H and O–H groups in total. The van der Waals surface area contributed by atoms with Crippen LogP contribution in [0.15, 0.2) is 65.6 Å². The van der Waals surface area contributed by atoms with Gasteiger partial charge in [0, 0.05) is 49.2 Å². The van der Waals surface area contributed by atoms with Crippen molar-refractivity contribution in [3.63, 3.8) is 0 Å². The highest BCUT2D eigenvalue weighted by molar-refractivity contribution is 7.80. The summed E-state index contributed by atoms with van der Waals surface area (Å²) in [5.74, 6) is 0.0880. The number of nitrogens with zero attached hydrogens (tertiary/aromatic N) is 2. The molecule has 3 aromatic rings. The lowest BCUT2D eigenvalue weighted by Gasteiger charge is -2.34. The first kappa shape index (κ1) is 21.9. The molecular weight excluding hydrogens is 430 g/mol. The van der Waals surface area contributed by atoms with Crippen molar-refractivity contribution >= 4 is 24.4 Å². The Labute approximate surface area is 200 Å². The second kappa shape index (κ2) is 9.12. The topological polar surface area (TPSA) is 58.8 Å². The number of thiol groups is 1. The number of ether oxygens (including phenoxy) is 1. The highest BCUT2D eigenvalue weighted by Crippen LogP contribution is 2.44. The molecule has 1 saturated heterocycles. The summed E-state index contributed by atoms with van der Waals surface area (Å²) < 4.78 is 5.82. The van der Waals surface area contributed by atoms with Crippen LogP contribution in [0.3, 0.4) is 0 Å². The zero-order chi connectivity index (χ0) is 22.9. The number of hydrogen-bond donors (Lipinski definition) is 2. The maximum atomic E-state index is 12.8. The number of amides is 1. The van der Waals surface area contributed by atoms with Gasteiger partial charge in [0.25, 0.3) is 0 Å². The summed E-state index contributed by atoms with van der Waals surface area (Å²) in [4.78, 5) is 17.9. The van der Waals surface area contributed by atoms with E-state index in [0.717, 1.165) is 41.3 Å². The fourth-order valence-electron chi connectivity index (χ4n) is 4.90. The molecule has 0 radical (unpaired) electrons. The van der Waals surface area contributed by atoms with Crippen LogP contribution < -0.4 is 5.73 Å². The van der Waals surface area contributed by atoms with Crippen LogP contribution in [0, 0.1) is 6.92 Å². The lowest BCUT2D eigenvalue weighted by atomic mass is 9.98. The van der Waals surface area contributed by atoms with Gasteiger partial charge in [-0.2, -0.15) is 0 Å². The van der Waals surface area contributed by atoms with Gasteiger partial charge in [-0.05, 0) is 52.4 Å². The summed E-state index contributed by atoms with van der Waals surface area (Å²) >= 11 is 4.52. The minimum absolute atomic E-state index is 0.0880. The molecule has 33 heavy (non-hydrogen) atoms. The Hall–Kier alpha value is -2.96. The van der Waals surface area contributed by atoms with Crippen LogP contribution in [0.1, 0.15) is 28.2 Å². The Kier molecular flexibility index (Phi) is 6.04. The van der Waals surface area contributed by atoms with Crippen molar-refractivity contribution in [1.29, 1.82) is 0 Å². The van der Waals surface area contributed by atoms with Crippen molar-refractivity contribution in [2.75, 3.05) is 38.5 Å². The minimum atomic E-state index is -0.228. The quantitative estimate of drug-likeness (QED) is 0.429. The number of rotatable bonds is 4. The molecule has 5 rings (SSSR count). The summed E-state index contributed by atoms with van der Waals surface area (Å²) in [5, 5.41) is 0. The highest BCUT2D eigenvalue weighted by atomic mass is 32.1. The van der Waals surface area contributed by atoms with Gasteiger partial charge in [-0.15, -0.1) is 12.6 Å². The van der Waals surface area contributed by atoms with Crippen LogP contribution in [0.2, 0.25) is 0 Å². The lowest BCUT2D eigenvalue weighted by Crippen LogP contribution is -2.48. The molecule has 1 aliphatic carbocycles. The zero-order valence-electron chi connectivity index (χ0n) is 18.8. The number of nitrogen functional groups attached to an aromatic ring is 1. The van der Waals surface area contributed by atoms with E-state index in [4.69, 9.17) is 10.5 Å². The molecule has 1 heterocycles. The maximum absolute atomic E-state index is 12.8. The van der Waals surface area contributed by atoms with Gasteiger partial charge in [0.2, 0.25) is 0 Å². The van der Waals surface area contributed by atoms with Crippen molar-refractivity contribution in [3.8, 4) is 11.1 Å². The number of hydrogen-bond acceptors (Lipinski definition) is 5. The molecule has 1 aliphatic heterocycles. The van der Waals surface area contributed by atoms with E-state index in [1.54, 1.807) is 0 Å². The molecule has 0 aromatic heterocycles. The Morgan fingerprint density at radius 3 is 2.21 bits per heavy atom. The predicted molar refractivity (Wildman–Crippen MR) is 135 cm³/mol. The van der Waals surface area contributed by atoms with E-state index >= 15 is 0 Å². The molecule has 0 unspecified atom stereocenters. The number of carbonyl (C=O) groups is 1. The number of anilines is 1. The molecule has 0 saturated carbocycles. The molecule has 2 aliphatic rings. The first-order chi connectivity index (χ1) is 16.0. The number of benzene rings is 3. The van der Waals surface area contributed by atoms with Gasteiger partial charge in [-0.3, -0.25) is 4.90 Å². The summed E-state index contributed by atoms with van der Waals surface area (Å²) in [6.07, 6.45) is -0.228. The molecule has 5 nitrogen and oxygen atoms in total. The Balaban J connectivity index is 1.17. The van der Waals surface area contributed by atoms with Crippen LogP contribution in [0.4, 0.5) is 10.5 Å². The van der Waals surface area contributed by atoms with Crippen LogP contribution >= 0.6 is 12.6 Å². The highest BCUT2D eigenvalue weighted by Gasteiger charge is 2.30. The van der Waals surface area contributed by atoms with Gasteiger partial charge in [0.15, 0.2) is 0 Å². The fourth-order valence-corrected chi connectivity index (χ4v) is 5.20. The first-order valence-electron chi connectivity index (χ1n) is 11.4. The Morgan fingerprint density at radius 1 is 1.00 bits per heavy atom. The van der Waals surface area contributed by atoms with E-state index in [0.29, 0.717) is 19.7 Å². The van der Waals surface area contributed by atoms with Crippen LogP contribution in [0.25, 0.3) is 11.1 Å². The maximum Gasteiger partial charge on any atom is 0.409 e. The summed E-state index contributed by atoms with van der Waals surface area (Å²) in [5.41, 5.74) is 14.0. The van der Waals surface area contributed by atoms with Crippen molar-refractivity contribution in [2.24, 2.45) is 0 Å². The van der Waals surface area contributed by atoms with Crippen molar-refractivity contribution in [3.05, 3.63) is 82.9 Å². The zero-order valence-corrected chi connectivity index (χ0v) is 19.7.